The second-order valence-electron chi connectivity index (χ2n) is 7.05. The maximum Gasteiger partial charge on any atom is 0.307 e. The van der Waals surface area contributed by atoms with E-state index in [1.807, 2.05) is 26.0 Å². The van der Waals surface area contributed by atoms with Crippen LogP contribution in [0.4, 0.5) is 0 Å². The molecule has 8 heteroatoms. The Morgan fingerprint density at radius 1 is 1.13 bits per heavy atom. The number of carbonyl (C=O) groups is 2. The minimum atomic E-state index is -0.859. The normalized spacial score (nSPS) is 13.6. The minimum absolute atomic E-state index is 0.0132. The second kappa shape index (κ2) is 10.6. The van der Waals surface area contributed by atoms with E-state index in [-0.39, 0.29) is 24.9 Å². The van der Waals surface area contributed by atoms with Gasteiger partial charge in [-0.1, -0.05) is 6.07 Å². The zero-order valence-electron chi connectivity index (χ0n) is 18.0. The van der Waals surface area contributed by atoms with Crippen LogP contribution in [-0.2, 0) is 19.9 Å². The van der Waals surface area contributed by atoms with E-state index in [1.54, 1.807) is 44.7 Å². The molecule has 30 heavy (non-hydrogen) atoms. The zero-order chi connectivity index (χ0) is 22.1. The first-order valence-corrected chi connectivity index (χ1v) is 9.57. The van der Waals surface area contributed by atoms with Gasteiger partial charge in [-0.15, -0.1) is 0 Å². The summed E-state index contributed by atoms with van der Waals surface area (Å²) in [4.78, 5) is 28.9. The van der Waals surface area contributed by atoms with Gasteiger partial charge in [0.1, 0.15) is 11.5 Å². The molecule has 2 N–H and O–H groups in total. The van der Waals surface area contributed by atoms with E-state index in [9.17, 15) is 9.59 Å². The van der Waals surface area contributed by atoms with Crippen LogP contribution < -0.4 is 20.1 Å². The molecule has 8 nitrogen and oxygen atoms in total. The summed E-state index contributed by atoms with van der Waals surface area (Å²) in [6.07, 6.45) is 1.68. The van der Waals surface area contributed by atoms with Crippen LogP contribution in [0.15, 0.2) is 42.6 Å². The van der Waals surface area contributed by atoms with Gasteiger partial charge < -0.3 is 19.5 Å². The van der Waals surface area contributed by atoms with E-state index in [0.717, 1.165) is 5.56 Å². The molecular formula is C22H29N3O5. The van der Waals surface area contributed by atoms with Gasteiger partial charge in [0.25, 0.3) is 0 Å². The number of aromatic nitrogens is 1. The number of methoxy groups -OCH3 is 3. The average molecular weight is 415 g/mol. The Bertz CT molecular complexity index is 859. The number of ether oxygens (including phenoxy) is 3. The van der Waals surface area contributed by atoms with Gasteiger partial charge in [0, 0.05) is 11.8 Å². The molecule has 0 bridgehead atoms. The monoisotopic (exact) mass is 415 g/mol. The largest absolute Gasteiger partial charge is 0.497 e. The summed E-state index contributed by atoms with van der Waals surface area (Å²) in [5.74, 6) is 0.691. The maximum atomic E-state index is 12.6. The number of nitrogens with zero attached hydrogens (tertiary/aromatic N) is 1. The van der Waals surface area contributed by atoms with E-state index in [0.29, 0.717) is 17.2 Å². The zero-order valence-corrected chi connectivity index (χ0v) is 18.0. The first kappa shape index (κ1) is 23.2. The smallest absolute Gasteiger partial charge is 0.307 e. The number of pyridine rings is 1. The lowest BCUT2D eigenvalue weighted by molar-refractivity contribution is -0.142. The van der Waals surface area contributed by atoms with Crippen molar-refractivity contribution in [2.45, 2.75) is 31.8 Å². The molecule has 0 fully saturated rings. The van der Waals surface area contributed by atoms with Gasteiger partial charge in [0.05, 0.1) is 51.6 Å². The first-order chi connectivity index (χ1) is 14.3. The number of nitrogens with one attached hydrogen (secondary N) is 2. The summed E-state index contributed by atoms with van der Waals surface area (Å²) < 4.78 is 15.5. The van der Waals surface area contributed by atoms with Gasteiger partial charge >= 0.3 is 5.97 Å². The Morgan fingerprint density at radius 2 is 1.90 bits per heavy atom. The Labute approximate surface area is 176 Å². The highest BCUT2D eigenvalue weighted by atomic mass is 16.5. The quantitative estimate of drug-likeness (QED) is 0.575. The third-order valence-electron chi connectivity index (χ3n) is 4.88. The molecule has 0 aliphatic rings. The molecule has 1 aromatic carbocycles. The summed E-state index contributed by atoms with van der Waals surface area (Å²) in [6.45, 7) is 3.66. The summed E-state index contributed by atoms with van der Waals surface area (Å²) in [7, 11) is 4.49. The molecule has 0 saturated carbocycles. The Balaban J connectivity index is 2.10. The summed E-state index contributed by atoms with van der Waals surface area (Å²) in [5, 5.41) is 6.09. The number of esters is 1. The van der Waals surface area contributed by atoms with Crippen molar-refractivity contribution >= 4 is 11.9 Å². The van der Waals surface area contributed by atoms with Gasteiger partial charge in [0.15, 0.2) is 0 Å². The molecule has 2 atom stereocenters. The molecule has 2 rings (SSSR count). The fraction of sp³-hybridized carbons (Fsp3) is 0.409. The van der Waals surface area contributed by atoms with Gasteiger partial charge in [-0.3, -0.25) is 19.9 Å². The third kappa shape index (κ3) is 5.93. The van der Waals surface area contributed by atoms with Crippen molar-refractivity contribution in [1.82, 2.24) is 15.6 Å². The van der Waals surface area contributed by atoms with E-state index in [2.05, 4.69) is 15.6 Å². The number of hydrogen-bond acceptors (Lipinski definition) is 7. The second-order valence-corrected chi connectivity index (χ2v) is 7.05. The van der Waals surface area contributed by atoms with Crippen molar-refractivity contribution in [2.24, 2.45) is 0 Å². The lowest BCUT2D eigenvalue weighted by Crippen LogP contribution is -2.47. The van der Waals surface area contributed by atoms with Crippen LogP contribution in [0.5, 0.6) is 11.5 Å². The fourth-order valence-corrected chi connectivity index (χ4v) is 3.12. The molecule has 162 valence electrons. The van der Waals surface area contributed by atoms with Crippen LogP contribution in [0, 0.1) is 0 Å². The number of carbonyl (C=O) groups excluding carboxylic acids is 2. The summed E-state index contributed by atoms with van der Waals surface area (Å²) >= 11 is 0. The summed E-state index contributed by atoms with van der Waals surface area (Å²) in [6, 6.07) is 10.5. The average Bonchev–Trinajstić information content (AvgIpc) is 2.77. The number of rotatable bonds is 10. The lowest BCUT2D eigenvalue weighted by atomic mass is 9.92. The van der Waals surface area contributed by atoms with Crippen LogP contribution in [0.2, 0.25) is 0 Å². The van der Waals surface area contributed by atoms with Crippen molar-refractivity contribution in [2.75, 3.05) is 27.9 Å². The highest BCUT2D eigenvalue weighted by Crippen LogP contribution is 2.29. The number of benzene rings is 1. The minimum Gasteiger partial charge on any atom is -0.497 e. The van der Waals surface area contributed by atoms with Crippen LogP contribution in [0.1, 0.15) is 37.6 Å². The highest BCUT2D eigenvalue weighted by Gasteiger charge is 2.32. The third-order valence-corrected chi connectivity index (χ3v) is 4.88. The van der Waals surface area contributed by atoms with Crippen LogP contribution >= 0.6 is 0 Å². The van der Waals surface area contributed by atoms with Crippen molar-refractivity contribution < 1.29 is 23.8 Å². The highest BCUT2D eigenvalue weighted by molar-refractivity contribution is 5.79. The molecule has 0 saturated heterocycles. The van der Waals surface area contributed by atoms with Crippen LogP contribution in [-0.4, -0.2) is 44.7 Å². The van der Waals surface area contributed by atoms with Gasteiger partial charge in [-0.05, 0) is 44.2 Å². The Morgan fingerprint density at radius 3 is 2.50 bits per heavy atom. The molecule has 1 aromatic heterocycles. The summed E-state index contributed by atoms with van der Waals surface area (Å²) in [5.41, 5.74) is 0.584. The van der Waals surface area contributed by atoms with Crippen molar-refractivity contribution in [3.05, 3.63) is 53.9 Å². The molecule has 0 spiro atoms. The van der Waals surface area contributed by atoms with Crippen molar-refractivity contribution in [3.63, 3.8) is 0 Å². The van der Waals surface area contributed by atoms with E-state index in [4.69, 9.17) is 14.2 Å². The Kier molecular flexibility index (Phi) is 8.17. The molecule has 0 radical (unpaired) electrons. The molecule has 0 aliphatic heterocycles. The van der Waals surface area contributed by atoms with Crippen LogP contribution in [0.3, 0.4) is 0 Å². The van der Waals surface area contributed by atoms with Gasteiger partial charge in [0.2, 0.25) is 5.91 Å². The molecule has 1 amide bonds. The standard InChI is InChI=1S/C22H29N3O5/c1-15(17-12-16(28-3)9-10-18(17)29-4)25-20(26)14-24-22(2,13-21(27)30-5)19-8-6-7-11-23-19/h6-12,15,24H,13-14H2,1-5H3,(H,25,26)/t15-,22+/m1/s1. The lowest BCUT2D eigenvalue weighted by Gasteiger charge is -2.29. The topological polar surface area (TPSA) is 98.8 Å². The van der Waals surface area contributed by atoms with E-state index >= 15 is 0 Å². The molecule has 1 heterocycles. The fourth-order valence-electron chi connectivity index (χ4n) is 3.12. The van der Waals surface area contributed by atoms with E-state index < -0.39 is 11.5 Å². The van der Waals surface area contributed by atoms with Crippen LogP contribution in [0.25, 0.3) is 0 Å². The van der Waals surface area contributed by atoms with E-state index in [1.165, 1.54) is 7.11 Å². The number of amides is 1. The molecule has 0 unspecified atom stereocenters. The predicted octanol–water partition coefficient (Wildman–Crippen LogP) is 2.34. The van der Waals surface area contributed by atoms with Gasteiger partial charge in [-0.2, -0.15) is 0 Å². The van der Waals surface area contributed by atoms with Crippen molar-refractivity contribution in [1.29, 1.82) is 0 Å². The molecule has 2 aromatic rings. The maximum absolute atomic E-state index is 12.6. The Hall–Kier alpha value is -3.13. The van der Waals surface area contributed by atoms with Crippen molar-refractivity contribution in [3.8, 4) is 11.5 Å². The molecular weight excluding hydrogens is 386 g/mol. The SMILES string of the molecule is COC(=O)C[C@](C)(NCC(=O)N[C@H](C)c1cc(OC)ccc1OC)c1ccccn1. The van der Waals surface area contributed by atoms with Gasteiger partial charge in [-0.25, -0.2) is 0 Å². The molecule has 0 aliphatic carbocycles. The first-order valence-electron chi connectivity index (χ1n) is 9.57. The predicted molar refractivity (Wildman–Crippen MR) is 112 cm³/mol. The number of hydrogen-bond donors (Lipinski definition) is 2.